The Kier molecular flexibility index (Phi) is 2.68. The fourth-order valence-electron chi connectivity index (χ4n) is 1.68. The van der Waals surface area contributed by atoms with Gasteiger partial charge in [0.05, 0.1) is 17.0 Å². The molecule has 2 aromatic heterocycles. The molecule has 0 radical (unpaired) electrons. The summed E-state index contributed by atoms with van der Waals surface area (Å²) in [6, 6.07) is 4.38. The lowest BCUT2D eigenvalue weighted by Gasteiger charge is -2.09. The number of halogens is 2. The van der Waals surface area contributed by atoms with Gasteiger partial charge in [-0.15, -0.1) is 0 Å². The number of hydrogen-bond donors (Lipinski definition) is 3. The predicted molar refractivity (Wildman–Crippen MR) is 70.8 cm³/mol. The van der Waals surface area contributed by atoms with E-state index in [9.17, 15) is 4.39 Å². The first kappa shape index (κ1) is 11.7. The maximum Gasteiger partial charge on any atom is 0.224 e. The molecule has 19 heavy (non-hydrogen) atoms. The zero-order valence-electron chi connectivity index (χ0n) is 9.48. The average Bonchev–Trinajstić information content (AvgIpc) is 2.81. The van der Waals surface area contributed by atoms with Crippen LogP contribution < -0.4 is 11.1 Å². The topological polar surface area (TPSA) is 92.5 Å². The van der Waals surface area contributed by atoms with Crippen LogP contribution in [-0.4, -0.2) is 19.9 Å². The number of aromatic amines is 1. The summed E-state index contributed by atoms with van der Waals surface area (Å²) in [7, 11) is 0. The van der Waals surface area contributed by atoms with Gasteiger partial charge < -0.3 is 16.0 Å². The Morgan fingerprint density at radius 2 is 2.16 bits per heavy atom. The standard InChI is InChI=1S/C11H8ClFN6/c12-5-2-1-3-6(13)7(5)17-10-8-9(16-4-15-8)18-11(14)19-10/h1-4H,(H4,14,15,16,17,18,19). The van der Waals surface area contributed by atoms with Crippen molar-refractivity contribution >= 4 is 40.2 Å². The number of nitrogens with one attached hydrogen (secondary N) is 2. The van der Waals surface area contributed by atoms with E-state index >= 15 is 0 Å². The number of benzene rings is 1. The van der Waals surface area contributed by atoms with E-state index in [-0.39, 0.29) is 16.7 Å². The Morgan fingerprint density at radius 1 is 1.32 bits per heavy atom. The van der Waals surface area contributed by atoms with Crippen LogP contribution in [0, 0.1) is 5.82 Å². The summed E-state index contributed by atoms with van der Waals surface area (Å²) >= 11 is 5.94. The second kappa shape index (κ2) is 4.36. The van der Waals surface area contributed by atoms with E-state index in [1.54, 1.807) is 6.07 Å². The Labute approximate surface area is 111 Å². The maximum atomic E-state index is 13.7. The monoisotopic (exact) mass is 278 g/mol. The predicted octanol–water partition coefficient (Wildman–Crippen LogP) is 2.47. The van der Waals surface area contributed by atoms with Crippen molar-refractivity contribution in [3.05, 3.63) is 35.4 Å². The molecule has 3 rings (SSSR count). The van der Waals surface area contributed by atoms with E-state index in [2.05, 4.69) is 25.3 Å². The second-order valence-corrected chi connectivity index (χ2v) is 4.16. The van der Waals surface area contributed by atoms with Gasteiger partial charge in [-0.1, -0.05) is 17.7 Å². The lowest BCUT2D eigenvalue weighted by atomic mass is 10.3. The van der Waals surface area contributed by atoms with Crippen molar-refractivity contribution in [2.45, 2.75) is 0 Å². The number of H-pyrrole nitrogens is 1. The van der Waals surface area contributed by atoms with E-state index in [1.165, 1.54) is 18.5 Å². The van der Waals surface area contributed by atoms with Crippen molar-refractivity contribution in [3.63, 3.8) is 0 Å². The van der Waals surface area contributed by atoms with Crippen LogP contribution in [0.1, 0.15) is 0 Å². The molecule has 6 nitrogen and oxygen atoms in total. The third kappa shape index (κ3) is 2.04. The lowest BCUT2D eigenvalue weighted by molar-refractivity contribution is 0.632. The van der Waals surface area contributed by atoms with Crippen LogP contribution in [0.3, 0.4) is 0 Å². The van der Waals surface area contributed by atoms with Crippen molar-refractivity contribution in [2.24, 2.45) is 0 Å². The summed E-state index contributed by atoms with van der Waals surface area (Å²) in [5, 5.41) is 3.04. The molecule has 0 aliphatic heterocycles. The largest absolute Gasteiger partial charge is 0.368 e. The zero-order chi connectivity index (χ0) is 13.4. The van der Waals surface area contributed by atoms with Crippen LogP contribution in [-0.2, 0) is 0 Å². The van der Waals surface area contributed by atoms with E-state index in [0.717, 1.165) is 0 Å². The highest BCUT2D eigenvalue weighted by molar-refractivity contribution is 6.33. The number of hydrogen-bond acceptors (Lipinski definition) is 5. The number of fused-ring (bicyclic) bond motifs is 1. The molecule has 8 heteroatoms. The number of nitrogen functional groups attached to an aromatic ring is 1. The van der Waals surface area contributed by atoms with Crippen LogP contribution in [0.15, 0.2) is 24.5 Å². The molecule has 0 aliphatic carbocycles. The van der Waals surface area contributed by atoms with Gasteiger partial charge in [0.2, 0.25) is 5.95 Å². The molecule has 1 aromatic carbocycles. The maximum absolute atomic E-state index is 13.7. The minimum Gasteiger partial charge on any atom is -0.368 e. The molecule has 2 heterocycles. The van der Waals surface area contributed by atoms with Crippen molar-refractivity contribution in [1.29, 1.82) is 0 Å². The van der Waals surface area contributed by atoms with Crippen LogP contribution in [0.5, 0.6) is 0 Å². The molecule has 0 unspecified atom stereocenters. The molecule has 0 saturated carbocycles. The molecule has 0 fully saturated rings. The normalized spacial score (nSPS) is 10.8. The van der Waals surface area contributed by atoms with Crippen LogP contribution >= 0.6 is 11.6 Å². The molecule has 96 valence electrons. The Hall–Kier alpha value is -2.41. The van der Waals surface area contributed by atoms with Crippen molar-refractivity contribution in [2.75, 3.05) is 11.1 Å². The SMILES string of the molecule is Nc1nc(Nc2c(F)cccc2Cl)c2[nH]cnc2n1. The van der Waals surface area contributed by atoms with Gasteiger partial charge in [0.1, 0.15) is 11.3 Å². The molecule has 0 bridgehead atoms. The molecule has 3 aromatic rings. The van der Waals surface area contributed by atoms with Gasteiger partial charge in [0.15, 0.2) is 11.5 Å². The molecular formula is C11H8ClFN6. The Balaban J connectivity index is 2.13. The van der Waals surface area contributed by atoms with E-state index in [0.29, 0.717) is 17.0 Å². The zero-order valence-corrected chi connectivity index (χ0v) is 10.2. The van der Waals surface area contributed by atoms with Crippen molar-refractivity contribution in [1.82, 2.24) is 19.9 Å². The summed E-state index contributed by atoms with van der Waals surface area (Å²) in [6.07, 6.45) is 1.45. The number of nitrogens with two attached hydrogens (primary N) is 1. The van der Waals surface area contributed by atoms with Crippen LogP contribution in [0.4, 0.5) is 21.8 Å². The van der Waals surface area contributed by atoms with E-state index in [1.807, 2.05) is 0 Å². The van der Waals surface area contributed by atoms with Gasteiger partial charge in [-0.3, -0.25) is 0 Å². The number of anilines is 3. The van der Waals surface area contributed by atoms with E-state index in [4.69, 9.17) is 17.3 Å². The van der Waals surface area contributed by atoms with Gasteiger partial charge in [-0.2, -0.15) is 9.97 Å². The van der Waals surface area contributed by atoms with Crippen LogP contribution in [0.2, 0.25) is 5.02 Å². The molecule has 0 spiro atoms. The van der Waals surface area contributed by atoms with E-state index < -0.39 is 5.82 Å². The first-order chi connectivity index (χ1) is 9.15. The summed E-state index contributed by atoms with van der Waals surface area (Å²) in [5.74, 6) is -0.140. The minimum absolute atomic E-state index is 0.0366. The Morgan fingerprint density at radius 3 is 2.95 bits per heavy atom. The number of rotatable bonds is 2. The fraction of sp³-hybridized carbons (Fsp3) is 0. The second-order valence-electron chi connectivity index (χ2n) is 3.75. The number of aromatic nitrogens is 4. The van der Waals surface area contributed by atoms with Gasteiger partial charge in [0, 0.05) is 0 Å². The number of para-hydroxylation sites is 1. The summed E-state index contributed by atoms with van der Waals surface area (Å²) < 4.78 is 13.7. The average molecular weight is 279 g/mol. The van der Waals surface area contributed by atoms with Gasteiger partial charge in [-0.05, 0) is 12.1 Å². The van der Waals surface area contributed by atoms with Crippen molar-refractivity contribution in [3.8, 4) is 0 Å². The first-order valence-corrected chi connectivity index (χ1v) is 5.70. The molecular weight excluding hydrogens is 271 g/mol. The molecule has 0 amide bonds. The molecule has 0 saturated heterocycles. The highest BCUT2D eigenvalue weighted by Gasteiger charge is 2.12. The van der Waals surface area contributed by atoms with Crippen molar-refractivity contribution < 1.29 is 4.39 Å². The highest BCUT2D eigenvalue weighted by atomic mass is 35.5. The van der Waals surface area contributed by atoms with Gasteiger partial charge >= 0.3 is 0 Å². The highest BCUT2D eigenvalue weighted by Crippen LogP contribution is 2.29. The quantitative estimate of drug-likeness (QED) is 0.670. The molecule has 4 N–H and O–H groups in total. The molecule has 0 aliphatic rings. The number of imidazole rings is 1. The van der Waals surface area contributed by atoms with Gasteiger partial charge in [0.25, 0.3) is 0 Å². The summed E-state index contributed by atoms with van der Waals surface area (Å²) in [4.78, 5) is 14.8. The minimum atomic E-state index is -0.489. The fourth-order valence-corrected chi connectivity index (χ4v) is 1.89. The third-order valence-electron chi connectivity index (χ3n) is 2.51. The Bertz CT molecular complexity index is 736. The third-order valence-corrected chi connectivity index (χ3v) is 2.82. The first-order valence-electron chi connectivity index (χ1n) is 5.33. The lowest BCUT2D eigenvalue weighted by Crippen LogP contribution is -2.02. The smallest absolute Gasteiger partial charge is 0.224 e. The number of nitrogens with zero attached hydrogens (tertiary/aromatic N) is 3. The van der Waals surface area contributed by atoms with Gasteiger partial charge in [-0.25, -0.2) is 9.37 Å². The summed E-state index contributed by atoms with van der Waals surface area (Å²) in [5.41, 5.74) is 6.61. The summed E-state index contributed by atoms with van der Waals surface area (Å²) in [6.45, 7) is 0. The molecule has 0 atom stereocenters. The van der Waals surface area contributed by atoms with Crippen LogP contribution in [0.25, 0.3) is 11.2 Å².